The van der Waals surface area contributed by atoms with Gasteiger partial charge < -0.3 is 14.6 Å². The van der Waals surface area contributed by atoms with E-state index in [1.165, 1.54) is 42.1 Å². The summed E-state index contributed by atoms with van der Waals surface area (Å²) in [6.07, 6.45) is 0. The molecule has 0 aliphatic carbocycles. The summed E-state index contributed by atoms with van der Waals surface area (Å²) in [5, 5.41) is 20.8. The highest BCUT2D eigenvalue weighted by Crippen LogP contribution is 2.45. The number of anilines is 1. The fourth-order valence-electron chi connectivity index (χ4n) is 4.50. The van der Waals surface area contributed by atoms with E-state index in [1.807, 2.05) is 0 Å². The lowest BCUT2D eigenvalue weighted by atomic mass is 9.95. The zero-order valence-corrected chi connectivity index (χ0v) is 24.0. The zero-order valence-electron chi connectivity index (χ0n) is 20.8. The number of hydrogen-bond donors (Lipinski definition) is 1. The number of aromatic nitrogens is 2. The molecule has 8 nitrogen and oxygen atoms in total. The maximum Gasteiger partial charge on any atom is 0.301 e. The van der Waals surface area contributed by atoms with Crippen molar-refractivity contribution >= 4 is 68.9 Å². The van der Waals surface area contributed by atoms with Gasteiger partial charge in [0.25, 0.3) is 5.78 Å². The Morgan fingerprint density at radius 2 is 1.83 bits per heavy atom. The van der Waals surface area contributed by atoms with Crippen molar-refractivity contribution < 1.29 is 28.6 Å². The standard InChI is InChI=1S/C28H18Cl2FN3O5S2/c29-16-7-5-15(18(30)12-16)13-40-28-33-32-27(41-28)34-23(17-3-1-2-4-19(17)31)22(25(36)26(34)37)24(35)14-6-8-20-21(11-14)39-10-9-38-20/h1-8,11-12,23,35H,9-10,13H2/b24-22+/t23-/m0/s1. The first-order chi connectivity index (χ1) is 19.8. The number of fused-ring (bicyclic) bond motifs is 1. The van der Waals surface area contributed by atoms with Crippen LogP contribution in [0, 0.1) is 5.82 Å². The van der Waals surface area contributed by atoms with Gasteiger partial charge in [-0.2, -0.15) is 0 Å². The van der Waals surface area contributed by atoms with Crippen LogP contribution in [0.4, 0.5) is 9.52 Å². The molecule has 1 amide bonds. The lowest BCUT2D eigenvalue weighted by Crippen LogP contribution is -2.29. The highest BCUT2D eigenvalue weighted by molar-refractivity contribution is 8.00. The Labute approximate surface area is 251 Å². The highest BCUT2D eigenvalue weighted by Gasteiger charge is 2.49. The van der Waals surface area contributed by atoms with Crippen molar-refractivity contribution in [2.45, 2.75) is 16.1 Å². The Kier molecular flexibility index (Phi) is 7.60. The van der Waals surface area contributed by atoms with Crippen molar-refractivity contribution in [2.24, 2.45) is 0 Å². The number of hydrogen-bond acceptors (Lipinski definition) is 9. The number of ether oxygens (including phenoxy) is 2. The van der Waals surface area contributed by atoms with E-state index in [-0.39, 0.29) is 21.8 Å². The number of aliphatic hydroxyl groups excluding tert-OH is 1. The summed E-state index contributed by atoms with van der Waals surface area (Å²) < 4.78 is 26.8. The van der Waals surface area contributed by atoms with Crippen LogP contribution in [0.25, 0.3) is 5.76 Å². The van der Waals surface area contributed by atoms with Gasteiger partial charge in [-0.15, -0.1) is 10.2 Å². The summed E-state index contributed by atoms with van der Waals surface area (Å²) >= 11 is 14.6. The third kappa shape index (κ3) is 5.26. The molecule has 0 unspecified atom stereocenters. The summed E-state index contributed by atoms with van der Waals surface area (Å²) in [4.78, 5) is 27.9. The average Bonchev–Trinajstić information content (AvgIpc) is 3.54. The van der Waals surface area contributed by atoms with Crippen molar-refractivity contribution in [3.05, 3.63) is 98.8 Å². The third-order valence-corrected chi connectivity index (χ3v) is 9.12. The number of aliphatic hydroxyl groups is 1. The molecule has 1 saturated heterocycles. The summed E-state index contributed by atoms with van der Waals surface area (Å²) in [7, 11) is 0. The Hall–Kier alpha value is -3.64. The average molecular weight is 631 g/mol. The van der Waals surface area contributed by atoms with Gasteiger partial charge in [0.15, 0.2) is 15.8 Å². The third-order valence-electron chi connectivity index (χ3n) is 6.43. The molecule has 2 aliphatic rings. The molecular weight excluding hydrogens is 612 g/mol. The second kappa shape index (κ2) is 11.3. The fraction of sp³-hybridized carbons (Fsp3) is 0.143. The molecule has 1 N–H and O–H groups in total. The Morgan fingerprint density at radius 1 is 1.05 bits per heavy atom. The topological polar surface area (TPSA) is 102 Å². The molecule has 3 heterocycles. The Morgan fingerprint density at radius 3 is 2.61 bits per heavy atom. The van der Waals surface area contributed by atoms with Crippen molar-refractivity contribution in [3.8, 4) is 11.5 Å². The molecule has 0 spiro atoms. The maximum atomic E-state index is 15.2. The molecule has 0 bridgehead atoms. The lowest BCUT2D eigenvalue weighted by molar-refractivity contribution is -0.132. The molecule has 0 saturated carbocycles. The van der Waals surface area contributed by atoms with Gasteiger partial charge >= 0.3 is 5.91 Å². The van der Waals surface area contributed by atoms with Gasteiger partial charge in [0.05, 0.1) is 5.57 Å². The summed E-state index contributed by atoms with van der Waals surface area (Å²) in [6, 6.07) is 14.3. The van der Waals surface area contributed by atoms with Crippen LogP contribution < -0.4 is 14.4 Å². The van der Waals surface area contributed by atoms with E-state index < -0.39 is 29.3 Å². The van der Waals surface area contributed by atoms with Gasteiger partial charge in [-0.05, 0) is 42.0 Å². The van der Waals surface area contributed by atoms with Crippen LogP contribution in [0.15, 0.2) is 70.6 Å². The first-order valence-corrected chi connectivity index (χ1v) is 14.7. The predicted molar refractivity (Wildman–Crippen MR) is 155 cm³/mol. The van der Waals surface area contributed by atoms with Gasteiger partial charge in [-0.1, -0.05) is 70.6 Å². The lowest BCUT2D eigenvalue weighted by Gasteiger charge is -2.23. The van der Waals surface area contributed by atoms with Crippen LogP contribution in [0.2, 0.25) is 10.0 Å². The van der Waals surface area contributed by atoms with E-state index in [4.69, 9.17) is 32.7 Å². The molecule has 41 heavy (non-hydrogen) atoms. The minimum absolute atomic E-state index is 0.0168. The normalized spacial score (nSPS) is 17.7. The van der Waals surface area contributed by atoms with Crippen LogP contribution in [-0.4, -0.2) is 40.2 Å². The number of benzene rings is 3. The van der Waals surface area contributed by atoms with E-state index in [0.29, 0.717) is 44.9 Å². The number of thioether (sulfide) groups is 1. The van der Waals surface area contributed by atoms with Gasteiger partial charge in [0, 0.05) is 26.9 Å². The zero-order chi connectivity index (χ0) is 28.7. The maximum absolute atomic E-state index is 15.2. The first-order valence-electron chi connectivity index (χ1n) is 12.2. The minimum atomic E-state index is -1.29. The van der Waals surface area contributed by atoms with Crippen LogP contribution in [0.3, 0.4) is 0 Å². The predicted octanol–water partition coefficient (Wildman–Crippen LogP) is 6.67. The Bertz CT molecular complexity index is 1730. The second-order valence-electron chi connectivity index (χ2n) is 8.92. The highest BCUT2D eigenvalue weighted by atomic mass is 35.5. The van der Waals surface area contributed by atoms with Crippen LogP contribution in [-0.2, 0) is 15.3 Å². The van der Waals surface area contributed by atoms with Crippen molar-refractivity contribution in [1.29, 1.82) is 0 Å². The monoisotopic (exact) mass is 629 g/mol. The second-order valence-corrected chi connectivity index (χ2v) is 11.9. The fourth-order valence-corrected chi connectivity index (χ4v) is 6.93. The molecule has 3 aromatic carbocycles. The molecular formula is C28H18Cl2FN3O5S2. The van der Waals surface area contributed by atoms with Crippen LogP contribution in [0.1, 0.15) is 22.7 Å². The number of carbonyl (C=O) groups is 2. The van der Waals surface area contributed by atoms with Crippen molar-refractivity contribution in [3.63, 3.8) is 0 Å². The molecule has 2 aliphatic heterocycles. The molecule has 4 aromatic rings. The SMILES string of the molecule is O=C1C(=O)N(c2nnc(SCc3ccc(Cl)cc3Cl)s2)[C@@H](c2ccccc2F)/C1=C(\O)c1ccc2c(c1)OCCO2. The summed E-state index contributed by atoms with van der Waals surface area (Å²) in [5.74, 6) is -1.78. The smallest absolute Gasteiger partial charge is 0.301 e. The number of ketones is 1. The van der Waals surface area contributed by atoms with Crippen LogP contribution >= 0.6 is 46.3 Å². The summed E-state index contributed by atoms with van der Waals surface area (Å²) in [5.41, 5.74) is 0.767. The molecule has 1 aromatic heterocycles. The largest absolute Gasteiger partial charge is 0.507 e. The van der Waals surface area contributed by atoms with E-state index in [0.717, 1.165) is 21.8 Å². The molecule has 6 rings (SSSR count). The summed E-state index contributed by atoms with van der Waals surface area (Å²) in [6.45, 7) is 0.698. The van der Waals surface area contributed by atoms with Crippen LogP contribution in [0.5, 0.6) is 11.5 Å². The molecule has 1 atom stereocenters. The molecule has 208 valence electrons. The van der Waals surface area contributed by atoms with E-state index in [2.05, 4.69) is 10.2 Å². The minimum Gasteiger partial charge on any atom is -0.507 e. The van der Waals surface area contributed by atoms with Gasteiger partial charge in [0.1, 0.15) is 30.8 Å². The number of carbonyl (C=O) groups excluding carboxylic acids is 2. The van der Waals surface area contributed by atoms with E-state index >= 15 is 4.39 Å². The van der Waals surface area contributed by atoms with E-state index in [1.54, 1.807) is 30.3 Å². The number of rotatable bonds is 6. The van der Waals surface area contributed by atoms with Gasteiger partial charge in [0.2, 0.25) is 5.13 Å². The molecule has 0 radical (unpaired) electrons. The van der Waals surface area contributed by atoms with Crippen molar-refractivity contribution in [2.75, 3.05) is 18.1 Å². The molecule has 1 fully saturated rings. The number of Topliss-reactive ketones (excluding diaryl/α,β-unsaturated/α-hetero) is 1. The Balaban J connectivity index is 1.39. The van der Waals surface area contributed by atoms with E-state index in [9.17, 15) is 14.7 Å². The van der Waals surface area contributed by atoms with Gasteiger partial charge in [-0.25, -0.2) is 4.39 Å². The quantitative estimate of drug-likeness (QED) is 0.0829. The van der Waals surface area contributed by atoms with Crippen molar-refractivity contribution in [1.82, 2.24) is 10.2 Å². The number of amides is 1. The molecule has 13 heteroatoms. The number of nitrogens with zero attached hydrogens (tertiary/aromatic N) is 3. The first kappa shape index (κ1) is 27.5. The number of halogens is 3. The van der Waals surface area contributed by atoms with Gasteiger partial charge in [-0.3, -0.25) is 14.5 Å².